The summed E-state index contributed by atoms with van der Waals surface area (Å²) < 4.78 is 12.9. The minimum absolute atomic E-state index is 0.0202. The van der Waals surface area contributed by atoms with Gasteiger partial charge in [-0.2, -0.15) is 0 Å². The minimum Gasteiger partial charge on any atom is -0.347 e. The number of rotatable bonds is 3. The van der Waals surface area contributed by atoms with Crippen LogP contribution in [0.4, 0.5) is 4.39 Å². The molecule has 0 saturated heterocycles. The van der Waals surface area contributed by atoms with Crippen LogP contribution >= 0.6 is 22.9 Å². The molecule has 0 atom stereocenters. The number of pyridine rings is 1. The van der Waals surface area contributed by atoms with Crippen molar-refractivity contribution >= 4 is 28.8 Å². The van der Waals surface area contributed by atoms with E-state index in [4.69, 9.17) is 11.6 Å². The first kappa shape index (κ1) is 11.9. The fraction of sp³-hybridized carbons (Fsp3) is 0.100. The number of nitrogens with zero attached hydrogens (tertiary/aromatic N) is 2. The van der Waals surface area contributed by atoms with Gasteiger partial charge in [-0.05, 0) is 6.07 Å². The number of aromatic nitrogens is 2. The zero-order valence-corrected chi connectivity index (χ0v) is 10.1. The van der Waals surface area contributed by atoms with Gasteiger partial charge in [-0.3, -0.25) is 9.78 Å². The molecule has 0 aliphatic heterocycles. The summed E-state index contributed by atoms with van der Waals surface area (Å²) in [5.74, 6) is -1.06. The lowest BCUT2D eigenvalue weighted by molar-refractivity contribution is 0.0950. The van der Waals surface area contributed by atoms with E-state index in [9.17, 15) is 9.18 Å². The first-order chi connectivity index (χ1) is 8.16. The third kappa shape index (κ3) is 2.98. The second-order valence-corrected chi connectivity index (χ2v) is 4.47. The quantitative estimate of drug-likeness (QED) is 0.871. The lowest BCUT2D eigenvalue weighted by Crippen LogP contribution is -2.23. The molecule has 88 valence electrons. The van der Waals surface area contributed by atoms with Crippen molar-refractivity contribution in [3.05, 3.63) is 45.4 Å². The highest BCUT2D eigenvalue weighted by molar-refractivity contribution is 7.09. The van der Waals surface area contributed by atoms with Crippen molar-refractivity contribution in [1.82, 2.24) is 15.3 Å². The molecule has 0 aromatic carbocycles. The SMILES string of the molecule is O=C(NCc1cncs1)c1cc(F)cnc1Cl. The van der Waals surface area contributed by atoms with Crippen LogP contribution in [0.1, 0.15) is 15.2 Å². The van der Waals surface area contributed by atoms with Crippen LogP contribution in [0, 0.1) is 5.82 Å². The first-order valence-corrected chi connectivity index (χ1v) is 5.89. The topological polar surface area (TPSA) is 54.9 Å². The molecule has 0 bridgehead atoms. The molecule has 0 aliphatic rings. The van der Waals surface area contributed by atoms with Gasteiger partial charge in [0.15, 0.2) is 0 Å². The zero-order valence-electron chi connectivity index (χ0n) is 8.48. The largest absolute Gasteiger partial charge is 0.347 e. The lowest BCUT2D eigenvalue weighted by Gasteiger charge is -2.04. The Bertz CT molecular complexity index is 532. The van der Waals surface area contributed by atoms with Gasteiger partial charge < -0.3 is 5.32 Å². The monoisotopic (exact) mass is 271 g/mol. The molecule has 0 radical (unpaired) electrons. The third-order valence-electron chi connectivity index (χ3n) is 1.96. The van der Waals surface area contributed by atoms with Crippen molar-refractivity contribution in [2.75, 3.05) is 0 Å². The molecule has 0 saturated carbocycles. The molecular formula is C10H7ClFN3OS. The van der Waals surface area contributed by atoms with Crippen LogP contribution in [-0.2, 0) is 6.54 Å². The summed E-state index contributed by atoms with van der Waals surface area (Å²) in [5, 5.41) is 2.59. The summed E-state index contributed by atoms with van der Waals surface area (Å²) in [6.45, 7) is 0.330. The average molecular weight is 272 g/mol. The first-order valence-electron chi connectivity index (χ1n) is 4.63. The van der Waals surface area contributed by atoms with Crippen molar-refractivity contribution in [1.29, 1.82) is 0 Å². The fourth-order valence-electron chi connectivity index (χ4n) is 1.17. The summed E-state index contributed by atoms with van der Waals surface area (Å²) in [6.07, 6.45) is 2.61. The predicted molar refractivity (Wildman–Crippen MR) is 62.5 cm³/mol. The molecule has 4 nitrogen and oxygen atoms in total. The highest BCUT2D eigenvalue weighted by Crippen LogP contribution is 2.14. The highest BCUT2D eigenvalue weighted by Gasteiger charge is 2.12. The van der Waals surface area contributed by atoms with E-state index in [1.165, 1.54) is 11.3 Å². The Labute approximate surface area is 105 Å². The van der Waals surface area contributed by atoms with Crippen LogP contribution in [0.2, 0.25) is 5.15 Å². The molecule has 2 aromatic rings. The Morgan fingerprint density at radius 1 is 1.53 bits per heavy atom. The van der Waals surface area contributed by atoms with Gasteiger partial charge in [0.05, 0.1) is 23.8 Å². The third-order valence-corrected chi connectivity index (χ3v) is 3.04. The van der Waals surface area contributed by atoms with Gasteiger partial charge in [-0.15, -0.1) is 11.3 Å². The number of halogens is 2. The molecular weight excluding hydrogens is 265 g/mol. The van der Waals surface area contributed by atoms with E-state index >= 15 is 0 Å². The normalized spacial score (nSPS) is 10.2. The summed E-state index contributed by atoms with van der Waals surface area (Å²) in [4.78, 5) is 20.0. The summed E-state index contributed by atoms with van der Waals surface area (Å²) >= 11 is 7.12. The van der Waals surface area contributed by atoms with E-state index in [-0.39, 0.29) is 10.7 Å². The molecule has 1 amide bonds. The van der Waals surface area contributed by atoms with E-state index in [1.54, 1.807) is 11.7 Å². The van der Waals surface area contributed by atoms with Gasteiger partial charge in [0.1, 0.15) is 11.0 Å². The second-order valence-electron chi connectivity index (χ2n) is 3.14. The minimum atomic E-state index is -0.600. The van der Waals surface area contributed by atoms with Crippen molar-refractivity contribution in [3.8, 4) is 0 Å². The Morgan fingerprint density at radius 2 is 2.35 bits per heavy atom. The van der Waals surface area contributed by atoms with E-state index in [1.807, 2.05) is 0 Å². The van der Waals surface area contributed by atoms with Gasteiger partial charge in [0.2, 0.25) is 0 Å². The molecule has 7 heteroatoms. The molecule has 2 aromatic heterocycles. The summed E-state index contributed by atoms with van der Waals surface area (Å²) in [5.41, 5.74) is 1.69. The number of amides is 1. The van der Waals surface area contributed by atoms with Crippen LogP contribution in [0.3, 0.4) is 0 Å². The number of hydrogen-bond donors (Lipinski definition) is 1. The number of nitrogens with one attached hydrogen (secondary N) is 1. The van der Waals surface area contributed by atoms with E-state index in [0.717, 1.165) is 17.1 Å². The van der Waals surface area contributed by atoms with Gasteiger partial charge in [-0.1, -0.05) is 11.6 Å². The van der Waals surface area contributed by atoms with Crippen LogP contribution < -0.4 is 5.32 Å². The lowest BCUT2D eigenvalue weighted by atomic mass is 10.2. The number of carbonyl (C=O) groups excluding carboxylic acids is 1. The van der Waals surface area contributed by atoms with Gasteiger partial charge in [0, 0.05) is 11.1 Å². The Morgan fingerprint density at radius 3 is 3.06 bits per heavy atom. The van der Waals surface area contributed by atoms with Gasteiger partial charge in [0.25, 0.3) is 5.91 Å². The maximum atomic E-state index is 12.9. The maximum absolute atomic E-state index is 12.9. The molecule has 17 heavy (non-hydrogen) atoms. The summed E-state index contributed by atoms with van der Waals surface area (Å²) in [6, 6.07) is 1.05. The fourth-order valence-corrected chi connectivity index (χ4v) is 1.90. The molecule has 0 aliphatic carbocycles. The van der Waals surface area contributed by atoms with E-state index in [2.05, 4.69) is 15.3 Å². The number of hydrogen-bond acceptors (Lipinski definition) is 4. The van der Waals surface area contributed by atoms with Crippen LogP contribution in [-0.4, -0.2) is 15.9 Å². The molecule has 2 heterocycles. The highest BCUT2D eigenvalue weighted by atomic mass is 35.5. The van der Waals surface area contributed by atoms with Crippen LogP contribution in [0.25, 0.3) is 0 Å². The second kappa shape index (κ2) is 5.20. The Balaban J connectivity index is 2.07. The predicted octanol–water partition coefficient (Wildman–Crippen LogP) is 2.26. The van der Waals surface area contributed by atoms with Crippen LogP contribution in [0.15, 0.2) is 24.0 Å². The van der Waals surface area contributed by atoms with E-state index in [0.29, 0.717) is 6.54 Å². The van der Waals surface area contributed by atoms with Crippen molar-refractivity contribution in [2.24, 2.45) is 0 Å². The molecule has 1 N–H and O–H groups in total. The molecule has 0 fully saturated rings. The molecule has 2 rings (SSSR count). The Hall–Kier alpha value is -1.53. The standard InChI is InChI=1S/C10H7ClFN3OS/c11-9-8(1-6(12)2-14-9)10(16)15-4-7-3-13-5-17-7/h1-3,5H,4H2,(H,15,16). The number of thiazole rings is 1. The van der Waals surface area contributed by atoms with Gasteiger partial charge >= 0.3 is 0 Å². The molecule has 0 spiro atoms. The van der Waals surface area contributed by atoms with Crippen molar-refractivity contribution in [2.45, 2.75) is 6.54 Å². The van der Waals surface area contributed by atoms with Crippen molar-refractivity contribution in [3.63, 3.8) is 0 Å². The smallest absolute Gasteiger partial charge is 0.254 e. The zero-order chi connectivity index (χ0) is 12.3. The van der Waals surface area contributed by atoms with Gasteiger partial charge in [-0.25, -0.2) is 9.37 Å². The van der Waals surface area contributed by atoms with Crippen molar-refractivity contribution < 1.29 is 9.18 Å². The average Bonchev–Trinajstić information content (AvgIpc) is 2.82. The summed E-state index contributed by atoms with van der Waals surface area (Å²) in [7, 11) is 0. The maximum Gasteiger partial charge on any atom is 0.254 e. The Kier molecular flexibility index (Phi) is 3.65. The number of carbonyl (C=O) groups is 1. The van der Waals surface area contributed by atoms with E-state index < -0.39 is 11.7 Å². The molecule has 0 unspecified atom stereocenters. The van der Waals surface area contributed by atoms with Crippen LogP contribution in [0.5, 0.6) is 0 Å².